The van der Waals surface area contributed by atoms with Crippen LogP contribution in [0.25, 0.3) is 0 Å². The number of aliphatic hydroxyl groups is 1. The summed E-state index contributed by atoms with van der Waals surface area (Å²) in [7, 11) is 0. The number of rotatable bonds is 6. The number of halogens is 2. The van der Waals surface area contributed by atoms with Crippen LogP contribution in [0.2, 0.25) is 0 Å². The molecule has 5 heteroatoms. The summed E-state index contributed by atoms with van der Waals surface area (Å²) in [6.07, 6.45) is -1.77. The Bertz CT molecular complexity index is 358. The van der Waals surface area contributed by atoms with E-state index in [0.29, 0.717) is 30.8 Å². The van der Waals surface area contributed by atoms with Crippen LogP contribution < -0.4 is 11.1 Å². The number of hydrogen-bond acceptors (Lipinski definition) is 3. The van der Waals surface area contributed by atoms with E-state index in [0.717, 1.165) is 0 Å². The van der Waals surface area contributed by atoms with Gasteiger partial charge in [-0.15, -0.1) is 0 Å². The summed E-state index contributed by atoms with van der Waals surface area (Å²) in [6.45, 7) is 2.33. The number of anilines is 2. The highest BCUT2D eigenvalue weighted by molar-refractivity contribution is 5.58. The van der Waals surface area contributed by atoms with Gasteiger partial charge in [0.25, 0.3) is 6.43 Å². The van der Waals surface area contributed by atoms with E-state index in [4.69, 9.17) is 5.73 Å². The van der Waals surface area contributed by atoms with Crippen LogP contribution in [0.15, 0.2) is 18.2 Å². The first kappa shape index (κ1) is 13.7. The van der Waals surface area contributed by atoms with E-state index in [1.807, 2.05) is 6.92 Å². The van der Waals surface area contributed by atoms with Gasteiger partial charge in [-0.05, 0) is 31.0 Å². The van der Waals surface area contributed by atoms with E-state index in [1.165, 1.54) is 12.1 Å². The van der Waals surface area contributed by atoms with E-state index in [2.05, 4.69) is 5.32 Å². The lowest BCUT2D eigenvalue weighted by Crippen LogP contribution is -2.13. The van der Waals surface area contributed by atoms with E-state index in [-0.39, 0.29) is 5.56 Å². The summed E-state index contributed by atoms with van der Waals surface area (Å²) >= 11 is 0. The molecular weight excluding hydrogens is 226 g/mol. The second kappa shape index (κ2) is 6.39. The molecule has 0 spiro atoms. The second-order valence-corrected chi connectivity index (χ2v) is 3.92. The highest BCUT2D eigenvalue weighted by atomic mass is 19.3. The first-order chi connectivity index (χ1) is 8.04. The second-order valence-electron chi connectivity index (χ2n) is 3.92. The van der Waals surface area contributed by atoms with Gasteiger partial charge in [0.1, 0.15) is 0 Å². The van der Waals surface area contributed by atoms with E-state index in [1.54, 1.807) is 6.07 Å². The Labute approximate surface area is 99.6 Å². The third kappa shape index (κ3) is 4.19. The van der Waals surface area contributed by atoms with Crippen molar-refractivity contribution in [2.45, 2.75) is 32.3 Å². The van der Waals surface area contributed by atoms with Crippen LogP contribution in [0.4, 0.5) is 20.2 Å². The summed E-state index contributed by atoms with van der Waals surface area (Å²) in [5.74, 6) is 0. The lowest BCUT2D eigenvalue weighted by atomic mass is 10.1. The molecule has 3 nitrogen and oxygen atoms in total. The van der Waals surface area contributed by atoms with Gasteiger partial charge in [0.05, 0.1) is 6.10 Å². The molecular formula is C12H18F2N2O. The molecule has 0 fully saturated rings. The molecule has 0 heterocycles. The minimum atomic E-state index is -2.56. The zero-order chi connectivity index (χ0) is 12.8. The van der Waals surface area contributed by atoms with Crippen LogP contribution in [0, 0.1) is 0 Å². The number of hydrogen-bond donors (Lipinski definition) is 3. The monoisotopic (exact) mass is 244 g/mol. The number of nitrogens with two attached hydrogens (primary N) is 1. The molecule has 0 amide bonds. The highest BCUT2D eigenvalue weighted by Crippen LogP contribution is 2.28. The van der Waals surface area contributed by atoms with Gasteiger partial charge < -0.3 is 16.2 Å². The van der Waals surface area contributed by atoms with Gasteiger partial charge in [-0.2, -0.15) is 0 Å². The predicted molar refractivity (Wildman–Crippen MR) is 65.2 cm³/mol. The van der Waals surface area contributed by atoms with Crippen molar-refractivity contribution >= 4 is 11.4 Å². The van der Waals surface area contributed by atoms with Crippen molar-refractivity contribution in [1.82, 2.24) is 0 Å². The fourth-order valence-electron chi connectivity index (χ4n) is 1.50. The predicted octanol–water partition coefficient (Wildman–Crippen LogP) is 2.78. The quantitative estimate of drug-likeness (QED) is 0.674. The maximum atomic E-state index is 12.7. The van der Waals surface area contributed by atoms with Crippen molar-refractivity contribution in [1.29, 1.82) is 0 Å². The molecule has 0 saturated heterocycles. The minimum absolute atomic E-state index is 0.101. The standard InChI is InChI=1S/C12H18F2N2O/c1-2-9(17)5-6-16-11-4-3-8(15)7-10(11)12(13)14/h3-4,7,9,12,16-17H,2,5-6,15H2,1H3. The Morgan fingerprint density at radius 2 is 2.12 bits per heavy atom. The Hall–Kier alpha value is -1.36. The Kier molecular flexibility index (Phi) is 5.15. The van der Waals surface area contributed by atoms with Crippen molar-refractivity contribution in [3.8, 4) is 0 Å². The van der Waals surface area contributed by atoms with Gasteiger partial charge in [-0.25, -0.2) is 8.78 Å². The topological polar surface area (TPSA) is 58.3 Å². The van der Waals surface area contributed by atoms with Crippen molar-refractivity contribution < 1.29 is 13.9 Å². The summed E-state index contributed by atoms with van der Waals surface area (Å²) in [6, 6.07) is 4.38. The fourth-order valence-corrected chi connectivity index (χ4v) is 1.50. The van der Waals surface area contributed by atoms with Gasteiger partial charge in [-0.3, -0.25) is 0 Å². The molecule has 1 aromatic rings. The van der Waals surface area contributed by atoms with Crippen molar-refractivity contribution in [2.75, 3.05) is 17.6 Å². The fraction of sp³-hybridized carbons (Fsp3) is 0.500. The zero-order valence-corrected chi connectivity index (χ0v) is 9.79. The average molecular weight is 244 g/mol. The summed E-state index contributed by atoms with van der Waals surface area (Å²) in [4.78, 5) is 0. The van der Waals surface area contributed by atoms with Gasteiger partial charge in [0.2, 0.25) is 0 Å². The van der Waals surface area contributed by atoms with Gasteiger partial charge >= 0.3 is 0 Å². The van der Waals surface area contributed by atoms with Crippen LogP contribution in [0.1, 0.15) is 31.8 Å². The molecule has 0 radical (unpaired) electrons. The van der Waals surface area contributed by atoms with Gasteiger partial charge in [-0.1, -0.05) is 6.92 Å². The van der Waals surface area contributed by atoms with E-state index >= 15 is 0 Å². The first-order valence-electron chi connectivity index (χ1n) is 5.64. The van der Waals surface area contributed by atoms with Crippen LogP contribution >= 0.6 is 0 Å². The van der Waals surface area contributed by atoms with E-state index < -0.39 is 12.5 Å². The molecule has 17 heavy (non-hydrogen) atoms. The average Bonchev–Trinajstić information content (AvgIpc) is 2.30. The summed E-state index contributed by atoms with van der Waals surface area (Å²) in [5, 5.41) is 12.2. The molecule has 0 aliphatic carbocycles. The van der Waals surface area contributed by atoms with Crippen LogP contribution in [-0.4, -0.2) is 17.8 Å². The molecule has 0 saturated carbocycles. The number of aliphatic hydroxyl groups excluding tert-OH is 1. The smallest absolute Gasteiger partial charge is 0.265 e. The normalized spacial score (nSPS) is 12.8. The number of nitrogen functional groups attached to an aromatic ring is 1. The SMILES string of the molecule is CCC(O)CCNc1ccc(N)cc1C(F)F. The first-order valence-corrected chi connectivity index (χ1v) is 5.64. The van der Waals surface area contributed by atoms with Gasteiger partial charge in [0.15, 0.2) is 0 Å². The minimum Gasteiger partial charge on any atom is -0.399 e. The maximum Gasteiger partial charge on any atom is 0.265 e. The van der Waals surface area contributed by atoms with Crippen LogP contribution in [0.5, 0.6) is 0 Å². The van der Waals surface area contributed by atoms with Crippen molar-refractivity contribution in [2.24, 2.45) is 0 Å². The summed E-state index contributed by atoms with van der Waals surface area (Å²) < 4.78 is 25.4. The highest BCUT2D eigenvalue weighted by Gasteiger charge is 2.13. The largest absolute Gasteiger partial charge is 0.399 e. The molecule has 1 rings (SSSR count). The maximum absolute atomic E-state index is 12.7. The zero-order valence-electron chi connectivity index (χ0n) is 9.79. The Morgan fingerprint density at radius 1 is 1.41 bits per heavy atom. The Morgan fingerprint density at radius 3 is 2.71 bits per heavy atom. The molecule has 4 N–H and O–H groups in total. The molecule has 1 aromatic carbocycles. The van der Waals surface area contributed by atoms with Gasteiger partial charge in [0, 0.05) is 23.5 Å². The Balaban J connectivity index is 2.64. The molecule has 0 bridgehead atoms. The van der Waals surface area contributed by atoms with E-state index in [9.17, 15) is 13.9 Å². The lowest BCUT2D eigenvalue weighted by molar-refractivity contribution is 0.152. The molecule has 0 aromatic heterocycles. The molecule has 0 aliphatic heterocycles. The van der Waals surface area contributed by atoms with Crippen molar-refractivity contribution in [3.05, 3.63) is 23.8 Å². The summed E-state index contributed by atoms with van der Waals surface area (Å²) in [5.41, 5.74) is 6.05. The molecule has 1 atom stereocenters. The molecule has 0 aliphatic rings. The van der Waals surface area contributed by atoms with Crippen LogP contribution in [0.3, 0.4) is 0 Å². The molecule has 96 valence electrons. The number of alkyl halides is 2. The third-order valence-corrected chi connectivity index (χ3v) is 2.57. The lowest BCUT2D eigenvalue weighted by Gasteiger charge is -2.13. The number of benzene rings is 1. The molecule has 1 unspecified atom stereocenters. The van der Waals surface area contributed by atoms with Crippen molar-refractivity contribution in [3.63, 3.8) is 0 Å². The van der Waals surface area contributed by atoms with Crippen LogP contribution in [-0.2, 0) is 0 Å². The third-order valence-electron chi connectivity index (χ3n) is 2.57. The number of nitrogens with one attached hydrogen (secondary N) is 1.